The van der Waals surface area contributed by atoms with Gasteiger partial charge in [0, 0.05) is 13.7 Å². The molecule has 0 spiro atoms. The van der Waals surface area contributed by atoms with Crippen LogP contribution in [0.1, 0.15) is 46.5 Å². The van der Waals surface area contributed by atoms with Crippen molar-refractivity contribution in [1.82, 2.24) is 0 Å². The predicted molar refractivity (Wildman–Crippen MR) is 66.7 cm³/mol. The molecule has 1 heterocycles. The molecular formula is C13H26O4. The van der Waals surface area contributed by atoms with E-state index in [9.17, 15) is 4.79 Å². The molecule has 0 aromatic heterocycles. The van der Waals surface area contributed by atoms with Gasteiger partial charge >= 0.3 is 5.97 Å². The highest BCUT2D eigenvalue weighted by Gasteiger charge is 2.15. The molecule has 1 rings (SSSR count). The highest BCUT2D eigenvalue weighted by Crippen LogP contribution is 2.18. The Bertz CT molecular complexity index is 202. The maximum Gasteiger partial charge on any atom is 0.306 e. The fourth-order valence-corrected chi connectivity index (χ4v) is 1.40. The van der Waals surface area contributed by atoms with Crippen LogP contribution in [0.25, 0.3) is 0 Å². The lowest BCUT2D eigenvalue weighted by Crippen LogP contribution is -2.20. The first-order valence-electron chi connectivity index (χ1n) is 6.10. The summed E-state index contributed by atoms with van der Waals surface area (Å²) in [6.07, 6.45) is 4.09. The van der Waals surface area contributed by atoms with Gasteiger partial charge in [-0.1, -0.05) is 20.8 Å². The van der Waals surface area contributed by atoms with Crippen LogP contribution in [0, 0.1) is 5.41 Å². The average Bonchev–Trinajstić information content (AvgIpc) is 2.28. The van der Waals surface area contributed by atoms with E-state index >= 15 is 0 Å². The van der Waals surface area contributed by atoms with E-state index in [0.717, 1.165) is 13.0 Å². The second kappa shape index (κ2) is 8.48. The number of carbonyl (C=O) groups is 1. The summed E-state index contributed by atoms with van der Waals surface area (Å²) in [6.45, 7) is 6.89. The number of hydrogen-bond donors (Lipinski definition) is 0. The molecule has 102 valence electrons. The molecule has 1 aliphatic rings. The zero-order valence-electron chi connectivity index (χ0n) is 11.7. The molecule has 4 nitrogen and oxygen atoms in total. The normalized spacial score (nSPS) is 20.2. The van der Waals surface area contributed by atoms with Crippen LogP contribution in [-0.2, 0) is 19.0 Å². The third kappa shape index (κ3) is 10.3. The van der Waals surface area contributed by atoms with Gasteiger partial charge in [0.05, 0.1) is 13.5 Å². The van der Waals surface area contributed by atoms with Crippen molar-refractivity contribution >= 4 is 5.97 Å². The number of esters is 1. The molecule has 0 N–H and O–H groups in total. The van der Waals surface area contributed by atoms with Crippen LogP contribution in [0.15, 0.2) is 0 Å². The molecule has 4 heteroatoms. The molecule has 0 aromatic carbocycles. The van der Waals surface area contributed by atoms with Gasteiger partial charge < -0.3 is 14.2 Å². The quantitative estimate of drug-likeness (QED) is 0.703. The number of ether oxygens (including phenoxy) is 3. The molecule has 1 aliphatic heterocycles. The van der Waals surface area contributed by atoms with E-state index in [1.807, 2.05) is 20.8 Å². The molecule has 0 amide bonds. The van der Waals surface area contributed by atoms with Crippen molar-refractivity contribution in [3.63, 3.8) is 0 Å². The third-order valence-electron chi connectivity index (χ3n) is 2.30. The van der Waals surface area contributed by atoms with Crippen molar-refractivity contribution in [2.24, 2.45) is 5.41 Å². The number of hydrogen-bond acceptors (Lipinski definition) is 4. The van der Waals surface area contributed by atoms with Gasteiger partial charge in [0.15, 0.2) is 6.29 Å². The minimum absolute atomic E-state index is 0.0487. The van der Waals surface area contributed by atoms with Gasteiger partial charge in [-0.25, -0.2) is 0 Å². The second-order valence-corrected chi connectivity index (χ2v) is 5.35. The number of carbonyl (C=O) groups excluding carboxylic acids is 1. The summed E-state index contributed by atoms with van der Waals surface area (Å²) in [5.74, 6) is -0.137. The van der Waals surface area contributed by atoms with Gasteiger partial charge in [0.1, 0.15) is 0 Å². The van der Waals surface area contributed by atoms with Crippen molar-refractivity contribution in [2.75, 3.05) is 20.8 Å². The van der Waals surface area contributed by atoms with E-state index in [0.29, 0.717) is 6.42 Å². The predicted octanol–water partition coefficient (Wildman–Crippen LogP) is 2.76. The fraction of sp³-hybridized carbons (Fsp3) is 0.923. The summed E-state index contributed by atoms with van der Waals surface area (Å²) in [5, 5.41) is 0. The first kappa shape index (κ1) is 16.4. The Hall–Kier alpha value is -0.610. The van der Waals surface area contributed by atoms with E-state index in [1.54, 1.807) is 7.11 Å². The zero-order valence-corrected chi connectivity index (χ0v) is 11.7. The Kier molecular flexibility index (Phi) is 8.17. The lowest BCUT2D eigenvalue weighted by Gasteiger charge is -2.20. The van der Waals surface area contributed by atoms with Gasteiger partial charge in [0.2, 0.25) is 0 Å². The first-order valence-corrected chi connectivity index (χ1v) is 6.10. The minimum atomic E-state index is -0.137. The highest BCUT2D eigenvalue weighted by molar-refractivity contribution is 5.69. The van der Waals surface area contributed by atoms with Gasteiger partial charge in [0.25, 0.3) is 0 Å². The molecule has 1 atom stereocenters. The first-order chi connectivity index (χ1) is 7.89. The summed E-state index contributed by atoms with van der Waals surface area (Å²) in [4.78, 5) is 10.6. The monoisotopic (exact) mass is 246 g/mol. The summed E-state index contributed by atoms with van der Waals surface area (Å²) < 4.78 is 14.7. The molecule has 0 aliphatic carbocycles. The highest BCUT2D eigenvalue weighted by atomic mass is 16.7. The lowest BCUT2D eigenvalue weighted by molar-refractivity contribution is -0.145. The van der Waals surface area contributed by atoms with Crippen LogP contribution >= 0.6 is 0 Å². The second-order valence-electron chi connectivity index (χ2n) is 5.35. The molecule has 1 fully saturated rings. The maximum atomic E-state index is 10.6. The van der Waals surface area contributed by atoms with Crippen molar-refractivity contribution < 1.29 is 19.0 Å². The molecule has 0 saturated carbocycles. The van der Waals surface area contributed by atoms with Crippen molar-refractivity contribution in [2.45, 2.75) is 52.7 Å². The maximum absolute atomic E-state index is 10.6. The van der Waals surface area contributed by atoms with Crippen LogP contribution in [0.2, 0.25) is 0 Å². The Balaban J connectivity index is 0.000000302. The number of rotatable bonds is 2. The van der Waals surface area contributed by atoms with Crippen LogP contribution in [-0.4, -0.2) is 33.1 Å². The van der Waals surface area contributed by atoms with Gasteiger partial charge in [-0.3, -0.25) is 4.79 Å². The summed E-state index contributed by atoms with van der Waals surface area (Å²) >= 11 is 0. The summed E-state index contributed by atoms with van der Waals surface area (Å²) in [7, 11) is 3.10. The summed E-state index contributed by atoms with van der Waals surface area (Å²) in [5.41, 5.74) is 0.0487. The van der Waals surface area contributed by atoms with Gasteiger partial charge in [-0.15, -0.1) is 0 Å². The van der Waals surface area contributed by atoms with E-state index in [-0.39, 0.29) is 17.7 Å². The molecule has 0 bridgehead atoms. The smallest absolute Gasteiger partial charge is 0.306 e. The molecule has 0 radical (unpaired) electrons. The topological polar surface area (TPSA) is 44.8 Å². The fourth-order valence-electron chi connectivity index (χ4n) is 1.40. The van der Waals surface area contributed by atoms with E-state index in [1.165, 1.54) is 20.0 Å². The lowest BCUT2D eigenvalue weighted by atomic mass is 9.93. The standard InChI is InChI=1S/C7H14O2.C6H12O2/c1-7(2,3)5-6(8)9-4;1-7-6-4-2-3-5-8-6/h5H2,1-4H3;6H,2-5H2,1H3. The number of methoxy groups -OCH3 is 2. The van der Waals surface area contributed by atoms with Crippen molar-refractivity contribution in [3.05, 3.63) is 0 Å². The van der Waals surface area contributed by atoms with Crippen LogP contribution in [0.5, 0.6) is 0 Å². The summed E-state index contributed by atoms with van der Waals surface area (Å²) in [6, 6.07) is 0. The van der Waals surface area contributed by atoms with Crippen LogP contribution in [0.3, 0.4) is 0 Å². The van der Waals surface area contributed by atoms with Crippen molar-refractivity contribution in [1.29, 1.82) is 0 Å². The minimum Gasteiger partial charge on any atom is -0.469 e. The Morgan fingerprint density at radius 3 is 2.18 bits per heavy atom. The van der Waals surface area contributed by atoms with Crippen LogP contribution in [0.4, 0.5) is 0 Å². The Morgan fingerprint density at radius 2 is 1.94 bits per heavy atom. The third-order valence-corrected chi connectivity index (χ3v) is 2.30. The SMILES string of the molecule is COC(=O)CC(C)(C)C.COC1CCCCO1. The van der Waals surface area contributed by atoms with Crippen molar-refractivity contribution in [3.8, 4) is 0 Å². The van der Waals surface area contributed by atoms with E-state index in [4.69, 9.17) is 9.47 Å². The molecule has 1 saturated heterocycles. The molecule has 1 unspecified atom stereocenters. The van der Waals surface area contributed by atoms with Gasteiger partial charge in [-0.05, 0) is 24.7 Å². The van der Waals surface area contributed by atoms with E-state index < -0.39 is 0 Å². The Morgan fingerprint density at radius 1 is 1.29 bits per heavy atom. The largest absolute Gasteiger partial charge is 0.469 e. The van der Waals surface area contributed by atoms with E-state index in [2.05, 4.69) is 4.74 Å². The van der Waals surface area contributed by atoms with Gasteiger partial charge in [-0.2, -0.15) is 0 Å². The van der Waals surface area contributed by atoms with Crippen LogP contribution < -0.4 is 0 Å². The molecule has 0 aromatic rings. The molecule has 17 heavy (non-hydrogen) atoms. The average molecular weight is 246 g/mol. The Labute approximate surface area is 105 Å². The zero-order chi connectivity index (χ0) is 13.3. The molecular weight excluding hydrogens is 220 g/mol.